The lowest BCUT2D eigenvalue weighted by Crippen LogP contribution is -2.16. The molecule has 0 saturated carbocycles. The number of benzene rings is 1. The molecule has 0 aliphatic carbocycles. The second-order valence-electron chi connectivity index (χ2n) is 4.40. The van der Waals surface area contributed by atoms with Crippen molar-refractivity contribution in [3.8, 4) is 5.75 Å². The lowest BCUT2D eigenvalue weighted by molar-refractivity contribution is 0.284. The molecule has 1 aromatic carbocycles. The van der Waals surface area contributed by atoms with Crippen molar-refractivity contribution >= 4 is 0 Å². The average Bonchev–Trinajstić information content (AvgIpc) is 3.08. The van der Waals surface area contributed by atoms with Gasteiger partial charge in [0.2, 0.25) is 0 Å². The summed E-state index contributed by atoms with van der Waals surface area (Å²) in [6.45, 7) is 2.50. The first kappa shape index (κ1) is 11.2. The number of hydrogen-bond acceptors (Lipinski definition) is 4. The Hall–Kier alpha value is -1.88. The number of rotatable bonds is 4. The normalized spacial score (nSPS) is 19.0. The lowest BCUT2D eigenvalue weighted by atomic mass is 10.2. The van der Waals surface area contributed by atoms with Crippen LogP contribution in [0.15, 0.2) is 36.7 Å². The summed E-state index contributed by atoms with van der Waals surface area (Å²) in [5.74, 6) is 1.74. The number of aromatic nitrogens is 3. The van der Waals surface area contributed by atoms with E-state index in [1.807, 2.05) is 30.3 Å². The van der Waals surface area contributed by atoms with Crippen LogP contribution in [0.4, 0.5) is 0 Å². The fourth-order valence-corrected chi connectivity index (χ4v) is 2.22. The molecule has 5 heteroatoms. The quantitative estimate of drug-likeness (QED) is 0.883. The topological polar surface area (TPSA) is 52.0 Å². The highest BCUT2D eigenvalue weighted by Crippen LogP contribution is 2.17. The maximum absolute atomic E-state index is 5.71. The van der Waals surface area contributed by atoms with Crippen LogP contribution in [0.5, 0.6) is 5.75 Å². The molecule has 94 valence electrons. The maximum Gasteiger partial charge on any atom is 0.171 e. The van der Waals surface area contributed by atoms with Crippen molar-refractivity contribution in [2.75, 3.05) is 13.1 Å². The van der Waals surface area contributed by atoms with Gasteiger partial charge in [0.1, 0.15) is 18.7 Å². The van der Waals surface area contributed by atoms with Crippen LogP contribution in [0.1, 0.15) is 18.3 Å². The molecule has 1 saturated heterocycles. The summed E-state index contributed by atoms with van der Waals surface area (Å²) >= 11 is 0. The zero-order valence-electron chi connectivity index (χ0n) is 10.1. The van der Waals surface area contributed by atoms with Crippen LogP contribution in [-0.2, 0) is 6.61 Å². The molecule has 1 N–H and O–H groups in total. The van der Waals surface area contributed by atoms with Crippen molar-refractivity contribution in [2.24, 2.45) is 0 Å². The van der Waals surface area contributed by atoms with Crippen molar-refractivity contribution in [1.29, 1.82) is 0 Å². The SMILES string of the molecule is c1ccc(OCc2nncn2C2CCNC2)cc1. The Kier molecular flexibility index (Phi) is 3.23. The molecule has 5 nitrogen and oxygen atoms in total. The van der Waals surface area contributed by atoms with E-state index in [1.165, 1.54) is 0 Å². The van der Waals surface area contributed by atoms with E-state index < -0.39 is 0 Å². The van der Waals surface area contributed by atoms with Crippen LogP contribution >= 0.6 is 0 Å². The summed E-state index contributed by atoms with van der Waals surface area (Å²) in [5, 5.41) is 11.5. The van der Waals surface area contributed by atoms with E-state index in [0.717, 1.165) is 31.1 Å². The fourth-order valence-electron chi connectivity index (χ4n) is 2.22. The van der Waals surface area contributed by atoms with Gasteiger partial charge in [-0.2, -0.15) is 0 Å². The molecular formula is C13H16N4O. The zero-order chi connectivity index (χ0) is 12.2. The van der Waals surface area contributed by atoms with E-state index in [2.05, 4.69) is 20.1 Å². The Morgan fingerprint density at radius 2 is 2.22 bits per heavy atom. The van der Waals surface area contributed by atoms with Gasteiger partial charge in [-0.25, -0.2) is 0 Å². The molecule has 0 amide bonds. The summed E-state index contributed by atoms with van der Waals surface area (Å²) in [6, 6.07) is 10.2. The van der Waals surface area contributed by atoms with E-state index >= 15 is 0 Å². The Labute approximate surface area is 106 Å². The Bertz CT molecular complexity index is 491. The van der Waals surface area contributed by atoms with Gasteiger partial charge in [-0.05, 0) is 25.1 Å². The molecule has 1 fully saturated rings. The van der Waals surface area contributed by atoms with Gasteiger partial charge in [0.05, 0.1) is 6.04 Å². The standard InChI is InChI=1S/C13H16N4O/c1-2-4-12(5-3-1)18-9-13-16-15-10-17(13)11-6-7-14-8-11/h1-5,10-11,14H,6-9H2. The van der Waals surface area contributed by atoms with Gasteiger partial charge in [0.15, 0.2) is 5.82 Å². The van der Waals surface area contributed by atoms with Crippen molar-refractivity contribution < 1.29 is 4.74 Å². The molecule has 2 aromatic rings. The van der Waals surface area contributed by atoms with Crippen molar-refractivity contribution in [3.63, 3.8) is 0 Å². The van der Waals surface area contributed by atoms with Gasteiger partial charge in [-0.15, -0.1) is 10.2 Å². The number of nitrogens with one attached hydrogen (secondary N) is 1. The summed E-state index contributed by atoms with van der Waals surface area (Å²) < 4.78 is 7.82. The predicted octanol–water partition coefficient (Wildman–Crippen LogP) is 1.39. The predicted molar refractivity (Wildman–Crippen MR) is 67.3 cm³/mol. The summed E-state index contributed by atoms with van der Waals surface area (Å²) in [4.78, 5) is 0. The first-order valence-electron chi connectivity index (χ1n) is 6.20. The lowest BCUT2D eigenvalue weighted by Gasteiger charge is -2.13. The molecule has 1 unspecified atom stereocenters. The summed E-state index contributed by atoms with van der Waals surface area (Å²) in [7, 11) is 0. The molecule has 0 radical (unpaired) electrons. The minimum atomic E-state index is 0.453. The van der Waals surface area contributed by atoms with Crippen LogP contribution < -0.4 is 10.1 Å². The third-order valence-corrected chi connectivity index (χ3v) is 3.19. The first-order valence-corrected chi connectivity index (χ1v) is 6.20. The van der Waals surface area contributed by atoms with E-state index in [-0.39, 0.29) is 0 Å². The Morgan fingerprint density at radius 1 is 1.33 bits per heavy atom. The number of nitrogens with zero attached hydrogens (tertiary/aromatic N) is 3. The molecule has 3 rings (SSSR count). The van der Waals surface area contributed by atoms with Crippen molar-refractivity contribution in [1.82, 2.24) is 20.1 Å². The van der Waals surface area contributed by atoms with Crippen molar-refractivity contribution in [2.45, 2.75) is 19.1 Å². The van der Waals surface area contributed by atoms with Crippen LogP contribution in [0.2, 0.25) is 0 Å². The van der Waals surface area contributed by atoms with Gasteiger partial charge in [-0.3, -0.25) is 0 Å². The van der Waals surface area contributed by atoms with Gasteiger partial charge >= 0.3 is 0 Å². The molecule has 1 aromatic heterocycles. The number of para-hydroxylation sites is 1. The minimum absolute atomic E-state index is 0.453. The minimum Gasteiger partial charge on any atom is -0.486 e. The van der Waals surface area contributed by atoms with Gasteiger partial charge in [0, 0.05) is 6.54 Å². The highest BCUT2D eigenvalue weighted by molar-refractivity contribution is 5.21. The van der Waals surface area contributed by atoms with E-state index in [9.17, 15) is 0 Å². The van der Waals surface area contributed by atoms with E-state index in [0.29, 0.717) is 12.6 Å². The van der Waals surface area contributed by atoms with Crippen molar-refractivity contribution in [3.05, 3.63) is 42.5 Å². The molecule has 2 heterocycles. The third kappa shape index (κ3) is 2.36. The molecule has 0 bridgehead atoms. The second-order valence-corrected chi connectivity index (χ2v) is 4.40. The van der Waals surface area contributed by atoms with Crippen LogP contribution in [-0.4, -0.2) is 27.9 Å². The smallest absolute Gasteiger partial charge is 0.171 e. The Morgan fingerprint density at radius 3 is 3.00 bits per heavy atom. The molecular weight excluding hydrogens is 228 g/mol. The van der Waals surface area contributed by atoms with Gasteiger partial charge in [-0.1, -0.05) is 18.2 Å². The fraction of sp³-hybridized carbons (Fsp3) is 0.385. The van der Waals surface area contributed by atoms with Crippen LogP contribution in [0.25, 0.3) is 0 Å². The summed E-state index contributed by atoms with van der Waals surface area (Å²) in [6.07, 6.45) is 2.91. The average molecular weight is 244 g/mol. The zero-order valence-corrected chi connectivity index (χ0v) is 10.1. The van der Waals surface area contributed by atoms with E-state index in [4.69, 9.17) is 4.74 Å². The van der Waals surface area contributed by atoms with E-state index in [1.54, 1.807) is 6.33 Å². The van der Waals surface area contributed by atoms with Gasteiger partial charge in [0.25, 0.3) is 0 Å². The third-order valence-electron chi connectivity index (χ3n) is 3.19. The molecule has 18 heavy (non-hydrogen) atoms. The maximum atomic E-state index is 5.71. The molecule has 1 atom stereocenters. The monoisotopic (exact) mass is 244 g/mol. The molecule has 1 aliphatic rings. The van der Waals surface area contributed by atoms with Gasteiger partial charge < -0.3 is 14.6 Å². The molecule has 1 aliphatic heterocycles. The second kappa shape index (κ2) is 5.18. The van der Waals surface area contributed by atoms with Crippen LogP contribution in [0, 0.1) is 0 Å². The number of ether oxygens (including phenoxy) is 1. The highest BCUT2D eigenvalue weighted by Gasteiger charge is 2.19. The molecule has 0 spiro atoms. The summed E-state index contributed by atoms with van der Waals surface area (Å²) in [5.41, 5.74) is 0. The first-order chi connectivity index (χ1) is 8.93. The Balaban J connectivity index is 1.68. The largest absolute Gasteiger partial charge is 0.486 e. The number of hydrogen-bond donors (Lipinski definition) is 1. The van der Waals surface area contributed by atoms with Crippen LogP contribution in [0.3, 0.4) is 0 Å². The highest BCUT2D eigenvalue weighted by atomic mass is 16.5.